The Hall–Kier alpha value is -2.76. The minimum absolute atomic E-state index is 0.0315. The van der Waals surface area contributed by atoms with E-state index in [1.54, 1.807) is 13.0 Å². The van der Waals surface area contributed by atoms with Crippen molar-refractivity contribution >= 4 is 11.9 Å². The Morgan fingerprint density at radius 1 is 1.22 bits per heavy atom. The second kappa shape index (κ2) is 6.56. The third-order valence-electron chi connectivity index (χ3n) is 3.36. The fourth-order valence-electron chi connectivity index (χ4n) is 2.24. The van der Waals surface area contributed by atoms with Gasteiger partial charge >= 0.3 is 11.9 Å². The Balaban J connectivity index is 1.56. The van der Waals surface area contributed by atoms with Gasteiger partial charge in [-0.15, -0.1) is 0 Å². The number of para-hydroxylation sites is 1. The molecule has 0 aliphatic carbocycles. The molecule has 0 saturated carbocycles. The van der Waals surface area contributed by atoms with Gasteiger partial charge in [-0.3, -0.25) is 0 Å². The van der Waals surface area contributed by atoms with Crippen LogP contribution in [0.4, 0.5) is 0 Å². The number of hydrogen-bond donors (Lipinski definition) is 0. The van der Waals surface area contributed by atoms with Crippen molar-refractivity contribution in [3.05, 3.63) is 54.0 Å². The van der Waals surface area contributed by atoms with Crippen molar-refractivity contribution in [1.29, 1.82) is 0 Å². The summed E-state index contributed by atoms with van der Waals surface area (Å²) in [4.78, 5) is 23.4. The number of esters is 2. The SMILES string of the molecule is C[C@@H]1C[C@@H](OC(=O)c2ccc(COc3ccccc3)o2)C(=O)O1. The molecule has 2 aromatic rings. The number of furan rings is 1. The summed E-state index contributed by atoms with van der Waals surface area (Å²) in [6.45, 7) is 1.94. The summed E-state index contributed by atoms with van der Waals surface area (Å²) in [5.41, 5.74) is 0. The molecule has 0 spiro atoms. The van der Waals surface area contributed by atoms with Gasteiger partial charge in [0.25, 0.3) is 0 Å². The Bertz CT molecular complexity index is 690. The smallest absolute Gasteiger partial charge is 0.375 e. The Labute approximate surface area is 132 Å². The first kappa shape index (κ1) is 15.1. The highest BCUT2D eigenvalue weighted by Crippen LogP contribution is 2.20. The molecule has 0 radical (unpaired) electrons. The average molecular weight is 316 g/mol. The molecule has 1 saturated heterocycles. The van der Waals surface area contributed by atoms with Crippen molar-refractivity contribution in [2.24, 2.45) is 0 Å². The number of rotatable bonds is 5. The first-order chi connectivity index (χ1) is 11.1. The molecule has 1 aromatic heterocycles. The third-order valence-corrected chi connectivity index (χ3v) is 3.36. The maximum absolute atomic E-state index is 12.0. The van der Waals surface area contributed by atoms with E-state index in [0.29, 0.717) is 17.9 Å². The monoisotopic (exact) mass is 316 g/mol. The molecule has 0 unspecified atom stereocenters. The summed E-state index contributed by atoms with van der Waals surface area (Å²) >= 11 is 0. The molecule has 1 aliphatic heterocycles. The molecule has 2 heterocycles. The third kappa shape index (κ3) is 3.71. The number of carbonyl (C=O) groups excluding carboxylic acids is 2. The standard InChI is InChI=1S/C17H16O6/c1-11-9-15(17(19)21-11)23-16(18)14-8-7-13(22-14)10-20-12-5-3-2-4-6-12/h2-8,11,15H,9-10H2,1H3/t11-,15-/m1/s1. The quantitative estimate of drug-likeness (QED) is 0.790. The zero-order valence-corrected chi connectivity index (χ0v) is 12.6. The van der Waals surface area contributed by atoms with Crippen molar-refractivity contribution in [3.63, 3.8) is 0 Å². The minimum atomic E-state index is -0.869. The van der Waals surface area contributed by atoms with Crippen LogP contribution in [0.5, 0.6) is 5.75 Å². The predicted octanol–water partition coefficient (Wildman–Crippen LogP) is 2.72. The minimum Gasteiger partial charge on any atom is -0.486 e. The van der Waals surface area contributed by atoms with Crippen LogP contribution in [0.2, 0.25) is 0 Å². The van der Waals surface area contributed by atoms with Gasteiger partial charge in [0.15, 0.2) is 0 Å². The van der Waals surface area contributed by atoms with Crippen LogP contribution in [0.1, 0.15) is 29.7 Å². The van der Waals surface area contributed by atoms with Gasteiger partial charge in [-0.25, -0.2) is 9.59 Å². The average Bonchev–Trinajstić information content (AvgIpc) is 3.13. The summed E-state index contributed by atoms with van der Waals surface area (Å²) in [6.07, 6.45) is -0.756. The van der Waals surface area contributed by atoms with E-state index < -0.39 is 18.0 Å². The Kier molecular flexibility index (Phi) is 4.32. The van der Waals surface area contributed by atoms with Crippen LogP contribution < -0.4 is 4.74 Å². The fraction of sp³-hybridized carbons (Fsp3) is 0.294. The largest absolute Gasteiger partial charge is 0.486 e. The molecule has 6 nitrogen and oxygen atoms in total. The van der Waals surface area contributed by atoms with E-state index >= 15 is 0 Å². The summed E-state index contributed by atoms with van der Waals surface area (Å²) in [6, 6.07) is 12.4. The topological polar surface area (TPSA) is 75.0 Å². The maximum Gasteiger partial charge on any atom is 0.375 e. The summed E-state index contributed by atoms with van der Waals surface area (Å²) in [7, 11) is 0. The number of hydrogen-bond acceptors (Lipinski definition) is 6. The van der Waals surface area contributed by atoms with Crippen molar-refractivity contribution in [2.45, 2.75) is 32.2 Å². The van der Waals surface area contributed by atoms with E-state index in [2.05, 4.69) is 0 Å². The zero-order chi connectivity index (χ0) is 16.2. The maximum atomic E-state index is 12.0. The molecule has 1 aromatic carbocycles. The summed E-state index contributed by atoms with van der Waals surface area (Å²) in [5.74, 6) is 0.0138. The fourth-order valence-corrected chi connectivity index (χ4v) is 2.24. The molecule has 0 bridgehead atoms. The number of ether oxygens (including phenoxy) is 3. The first-order valence-electron chi connectivity index (χ1n) is 7.30. The highest BCUT2D eigenvalue weighted by molar-refractivity contribution is 5.89. The van der Waals surface area contributed by atoms with Crippen molar-refractivity contribution in [3.8, 4) is 5.75 Å². The van der Waals surface area contributed by atoms with Crippen LogP contribution in [-0.2, 0) is 20.9 Å². The van der Waals surface area contributed by atoms with Crippen LogP contribution in [0.25, 0.3) is 0 Å². The molecule has 1 fully saturated rings. The van der Waals surface area contributed by atoms with Crippen LogP contribution in [-0.4, -0.2) is 24.1 Å². The number of carbonyl (C=O) groups is 2. The van der Waals surface area contributed by atoms with E-state index in [1.165, 1.54) is 6.07 Å². The Morgan fingerprint density at radius 3 is 2.70 bits per heavy atom. The lowest BCUT2D eigenvalue weighted by Crippen LogP contribution is -2.22. The molecule has 6 heteroatoms. The van der Waals surface area contributed by atoms with Gasteiger partial charge in [-0.05, 0) is 31.2 Å². The van der Waals surface area contributed by atoms with Gasteiger partial charge in [0.05, 0.1) is 0 Å². The van der Waals surface area contributed by atoms with E-state index in [4.69, 9.17) is 18.6 Å². The van der Waals surface area contributed by atoms with Crippen molar-refractivity contribution in [2.75, 3.05) is 0 Å². The van der Waals surface area contributed by atoms with Gasteiger partial charge in [-0.2, -0.15) is 0 Å². The Morgan fingerprint density at radius 2 is 2.00 bits per heavy atom. The lowest BCUT2D eigenvalue weighted by molar-refractivity contribution is -0.147. The van der Waals surface area contributed by atoms with Crippen molar-refractivity contribution in [1.82, 2.24) is 0 Å². The molecule has 0 N–H and O–H groups in total. The van der Waals surface area contributed by atoms with Crippen LogP contribution >= 0.6 is 0 Å². The molecule has 23 heavy (non-hydrogen) atoms. The van der Waals surface area contributed by atoms with Gasteiger partial charge in [0, 0.05) is 6.42 Å². The van der Waals surface area contributed by atoms with Gasteiger partial charge in [0.2, 0.25) is 11.9 Å². The zero-order valence-electron chi connectivity index (χ0n) is 12.6. The second-order valence-electron chi connectivity index (χ2n) is 5.24. The van der Waals surface area contributed by atoms with Crippen LogP contribution in [0, 0.1) is 0 Å². The molecule has 0 amide bonds. The number of cyclic esters (lactones) is 1. The normalized spacial score (nSPS) is 20.1. The van der Waals surface area contributed by atoms with Gasteiger partial charge in [0.1, 0.15) is 24.2 Å². The van der Waals surface area contributed by atoms with E-state index in [-0.39, 0.29) is 18.5 Å². The van der Waals surface area contributed by atoms with E-state index in [9.17, 15) is 9.59 Å². The van der Waals surface area contributed by atoms with E-state index in [1.807, 2.05) is 30.3 Å². The molecular weight excluding hydrogens is 300 g/mol. The lowest BCUT2D eigenvalue weighted by atomic mass is 10.2. The van der Waals surface area contributed by atoms with Gasteiger partial charge in [-0.1, -0.05) is 18.2 Å². The van der Waals surface area contributed by atoms with Gasteiger partial charge < -0.3 is 18.6 Å². The summed E-state index contributed by atoms with van der Waals surface area (Å²) in [5, 5.41) is 0. The molecular formula is C17H16O6. The highest BCUT2D eigenvalue weighted by Gasteiger charge is 2.35. The highest BCUT2D eigenvalue weighted by atomic mass is 16.6. The van der Waals surface area contributed by atoms with E-state index in [0.717, 1.165) is 0 Å². The number of benzene rings is 1. The summed E-state index contributed by atoms with van der Waals surface area (Å²) < 4.78 is 21.0. The van der Waals surface area contributed by atoms with Crippen LogP contribution in [0.3, 0.4) is 0 Å². The van der Waals surface area contributed by atoms with Crippen molar-refractivity contribution < 1.29 is 28.2 Å². The lowest BCUT2D eigenvalue weighted by Gasteiger charge is -2.06. The molecule has 3 rings (SSSR count). The molecule has 120 valence electrons. The molecule has 1 aliphatic rings. The predicted molar refractivity (Wildman–Crippen MR) is 78.9 cm³/mol. The second-order valence-corrected chi connectivity index (χ2v) is 5.24. The van der Waals surface area contributed by atoms with Crippen LogP contribution in [0.15, 0.2) is 46.9 Å². The molecule has 2 atom stereocenters. The first-order valence-corrected chi connectivity index (χ1v) is 7.30.